The first kappa shape index (κ1) is 15.9. The maximum atomic E-state index is 12.3. The Bertz CT molecular complexity index is 599. The van der Waals surface area contributed by atoms with Gasteiger partial charge in [0.25, 0.3) is 0 Å². The molecule has 1 aromatic carbocycles. The first-order valence-electron chi connectivity index (χ1n) is 6.77. The standard InChI is InChI=1S/C14H17BrN4OS/c1-3-11(16-10-7-5-9(15)6-8-10)13(20)17-14-19-18-12(4-2)21-14/h5-8,11,16H,3-4H2,1-2H3,(H,17,19,20)/t11-/m1/s1. The second-order valence-corrected chi connectivity index (χ2v) is 6.43. The number of carbonyl (C=O) groups is 1. The van der Waals surface area contributed by atoms with Crippen molar-refractivity contribution < 1.29 is 4.79 Å². The molecule has 0 bridgehead atoms. The number of hydrogen-bond donors (Lipinski definition) is 2. The van der Waals surface area contributed by atoms with Crippen molar-refractivity contribution in [2.75, 3.05) is 10.6 Å². The van der Waals surface area contributed by atoms with Crippen LogP contribution in [-0.4, -0.2) is 22.1 Å². The molecule has 2 aromatic rings. The number of hydrogen-bond acceptors (Lipinski definition) is 5. The number of rotatable bonds is 6. The third-order valence-electron chi connectivity index (χ3n) is 2.91. The molecule has 0 aliphatic heterocycles. The molecule has 0 fully saturated rings. The van der Waals surface area contributed by atoms with Crippen molar-refractivity contribution in [1.82, 2.24) is 10.2 Å². The lowest BCUT2D eigenvalue weighted by Gasteiger charge is -2.17. The zero-order chi connectivity index (χ0) is 15.2. The van der Waals surface area contributed by atoms with Crippen LogP contribution < -0.4 is 10.6 Å². The predicted octanol–water partition coefficient (Wildman–Crippen LogP) is 3.69. The second-order valence-electron chi connectivity index (χ2n) is 4.46. The van der Waals surface area contributed by atoms with Crippen molar-refractivity contribution in [3.05, 3.63) is 33.7 Å². The Morgan fingerprint density at radius 1 is 1.29 bits per heavy atom. The second kappa shape index (κ2) is 7.51. The van der Waals surface area contributed by atoms with Gasteiger partial charge in [-0.2, -0.15) is 0 Å². The molecule has 112 valence electrons. The Hall–Kier alpha value is -1.47. The summed E-state index contributed by atoms with van der Waals surface area (Å²) in [7, 11) is 0. The van der Waals surface area contributed by atoms with E-state index in [1.807, 2.05) is 38.1 Å². The molecule has 2 N–H and O–H groups in total. The molecular weight excluding hydrogens is 352 g/mol. The number of benzene rings is 1. The van der Waals surface area contributed by atoms with Crippen molar-refractivity contribution in [3.63, 3.8) is 0 Å². The van der Waals surface area contributed by atoms with Crippen LogP contribution in [0, 0.1) is 0 Å². The number of nitrogens with zero attached hydrogens (tertiary/aromatic N) is 2. The number of aryl methyl sites for hydroxylation is 1. The molecule has 0 saturated carbocycles. The van der Waals surface area contributed by atoms with Gasteiger partial charge >= 0.3 is 0 Å². The highest BCUT2D eigenvalue weighted by Crippen LogP contribution is 2.18. The summed E-state index contributed by atoms with van der Waals surface area (Å²) < 4.78 is 1.01. The quantitative estimate of drug-likeness (QED) is 0.815. The molecule has 0 spiro atoms. The van der Waals surface area contributed by atoms with Crippen LogP contribution in [0.25, 0.3) is 0 Å². The fourth-order valence-corrected chi connectivity index (χ4v) is 2.69. The van der Waals surface area contributed by atoms with Crippen LogP contribution in [0.2, 0.25) is 0 Å². The van der Waals surface area contributed by atoms with E-state index in [0.29, 0.717) is 11.6 Å². The van der Waals surface area contributed by atoms with Crippen LogP contribution in [0.4, 0.5) is 10.8 Å². The smallest absolute Gasteiger partial charge is 0.248 e. The van der Waals surface area contributed by atoms with Gasteiger partial charge < -0.3 is 5.32 Å². The third kappa shape index (κ3) is 4.50. The lowest BCUT2D eigenvalue weighted by molar-refractivity contribution is -0.117. The van der Waals surface area contributed by atoms with Gasteiger partial charge in [-0.1, -0.05) is 41.1 Å². The first-order valence-corrected chi connectivity index (χ1v) is 8.38. The molecule has 21 heavy (non-hydrogen) atoms. The van der Waals surface area contributed by atoms with Gasteiger partial charge in [0, 0.05) is 10.2 Å². The molecule has 0 unspecified atom stereocenters. The zero-order valence-corrected chi connectivity index (χ0v) is 14.3. The van der Waals surface area contributed by atoms with Crippen molar-refractivity contribution in [2.24, 2.45) is 0 Å². The summed E-state index contributed by atoms with van der Waals surface area (Å²) in [5, 5.41) is 15.5. The monoisotopic (exact) mass is 368 g/mol. The van der Waals surface area contributed by atoms with Gasteiger partial charge in [0.05, 0.1) is 0 Å². The minimum absolute atomic E-state index is 0.0979. The molecule has 0 aliphatic carbocycles. The van der Waals surface area contributed by atoms with Crippen LogP contribution in [0.5, 0.6) is 0 Å². The van der Waals surface area contributed by atoms with Gasteiger partial charge in [0.2, 0.25) is 11.0 Å². The molecule has 1 amide bonds. The van der Waals surface area contributed by atoms with Crippen LogP contribution in [-0.2, 0) is 11.2 Å². The summed E-state index contributed by atoms with van der Waals surface area (Å²) in [6.45, 7) is 3.98. The lowest BCUT2D eigenvalue weighted by atomic mass is 10.2. The van der Waals surface area contributed by atoms with Crippen molar-refractivity contribution in [2.45, 2.75) is 32.7 Å². The number of halogens is 1. The number of carbonyl (C=O) groups excluding carboxylic acids is 1. The van der Waals surface area contributed by atoms with E-state index in [0.717, 1.165) is 21.6 Å². The highest BCUT2D eigenvalue weighted by molar-refractivity contribution is 9.10. The average molecular weight is 369 g/mol. The summed E-state index contributed by atoms with van der Waals surface area (Å²) in [6.07, 6.45) is 1.50. The normalized spacial score (nSPS) is 12.0. The van der Waals surface area contributed by atoms with Gasteiger partial charge in [-0.15, -0.1) is 10.2 Å². The molecule has 7 heteroatoms. The molecule has 1 aromatic heterocycles. The van der Waals surface area contributed by atoms with E-state index in [2.05, 4.69) is 36.8 Å². The zero-order valence-electron chi connectivity index (χ0n) is 11.9. The highest BCUT2D eigenvalue weighted by Gasteiger charge is 2.18. The minimum atomic E-state index is -0.305. The number of anilines is 2. The van der Waals surface area contributed by atoms with Crippen molar-refractivity contribution in [3.8, 4) is 0 Å². The van der Waals surface area contributed by atoms with E-state index in [9.17, 15) is 4.79 Å². The maximum Gasteiger partial charge on any atom is 0.248 e. The number of nitrogens with one attached hydrogen (secondary N) is 2. The van der Waals surface area contributed by atoms with Crippen molar-refractivity contribution >= 4 is 44.0 Å². The lowest BCUT2D eigenvalue weighted by Crippen LogP contribution is -2.34. The van der Waals surface area contributed by atoms with E-state index < -0.39 is 0 Å². The summed E-state index contributed by atoms with van der Waals surface area (Å²) >= 11 is 4.80. The maximum absolute atomic E-state index is 12.3. The molecule has 2 rings (SSSR count). The van der Waals surface area contributed by atoms with E-state index in [1.54, 1.807) is 0 Å². The van der Waals surface area contributed by atoms with Gasteiger partial charge in [-0.05, 0) is 37.1 Å². The third-order valence-corrected chi connectivity index (χ3v) is 4.42. The average Bonchev–Trinajstić information content (AvgIpc) is 2.94. The molecule has 0 aliphatic rings. The van der Waals surface area contributed by atoms with E-state index in [4.69, 9.17) is 0 Å². The van der Waals surface area contributed by atoms with Crippen LogP contribution in [0.1, 0.15) is 25.3 Å². The van der Waals surface area contributed by atoms with Crippen LogP contribution in [0.3, 0.4) is 0 Å². The Labute approximate surface area is 136 Å². The topological polar surface area (TPSA) is 66.9 Å². The molecule has 0 radical (unpaired) electrons. The van der Waals surface area contributed by atoms with E-state index >= 15 is 0 Å². The highest BCUT2D eigenvalue weighted by atomic mass is 79.9. The van der Waals surface area contributed by atoms with Gasteiger partial charge in [0.1, 0.15) is 11.0 Å². The van der Waals surface area contributed by atoms with Gasteiger partial charge in [-0.3, -0.25) is 10.1 Å². The molecule has 1 heterocycles. The van der Waals surface area contributed by atoms with Crippen LogP contribution >= 0.6 is 27.3 Å². The van der Waals surface area contributed by atoms with Gasteiger partial charge in [0.15, 0.2) is 0 Å². The molecule has 5 nitrogen and oxygen atoms in total. The number of aromatic nitrogens is 2. The number of amides is 1. The summed E-state index contributed by atoms with van der Waals surface area (Å²) in [4.78, 5) is 12.3. The summed E-state index contributed by atoms with van der Waals surface area (Å²) in [5.41, 5.74) is 0.909. The Morgan fingerprint density at radius 3 is 2.57 bits per heavy atom. The fraction of sp³-hybridized carbons (Fsp3) is 0.357. The Balaban J connectivity index is 1.99. The molecule has 1 atom stereocenters. The molecule has 0 saturated heterocycles. The Morgan fingerprint density at radius 2 is 2.00 bits per heavy atom. The van der Waals surface area contributed by atoms with Gasteiger partial charge in [-0.25, -0.2) is 0 Å². The summed E-state index contributed by atoms with van der Waals surface area (Å²) in [6, 6.07) is 7.43. The van der Waals surface area contributed by atoms with E-state index in [1.165, 1.54) is 11.3 Å². The predicted molar refractivity (Wildman–Crippen MR) is 89.8 cm³/mol. The Kier molecular flexibility index (Phi) is 5.69. The fourth-order valence-electron chi connectivity index (χ4n) is 1.74. The van der Waals surface area contributed by atoms with E-state index in [-0.39, 0.29) is 11.9 Å². The first-order chi connectivity index (χ1) is 10.1. The summed E-state index contributed by atoms with van der Waals surface area (Å²) in [5.74, 6) is -0.0979. The van der Waals surface area contributed by atoms with Crippen molar-refractivity contribution in [1.29, 1.82) is 0 Å². The largest absolute Gasteiger partial charge is 0.374 e. The van der Waals surface area contributed by atoms with Crippen LogP contribution in [0.15, 0.2) is 28.7 Å². The molecular formula is C14H17BrN4OS. The SMILES string of the molecule is CCc1nnc(NC(=O)[C@@H](CC)Nc2ccc(Br)cc2)s1. The minimum Gasteiger partial charge on any atom is -0.374 e.